The van der Waals surface area contributed by atoms with Crippen molar-refractivity contribution in [3.63, 3.8) is 0 Å². The third kappa shape index (κ3) is 9.64. The maximum absolute atomic E-state index is 14.0. The number of hydrogen-bond acceptors (Lipinski definition) is 10. The van der Waals surface area contributed by atoms with Gasteiger partial charge in [0.05, 0.1) is 29.5 Å². The molecule has 5 N–H and O–H groups in total. The molecule has 0 unspecified atom stereocenters. The molecule has 4 aromatic carbocycles. The van der Waals surface area contributed by atoms with Crippen LogP contribution in [0.3, 0.4) is 0 Å². The quantitative estimate of drug-likeness (QED) is 0.0802. The zero-order valence-electron chi connectivity index (χ0n) is 34.7. The van der Waals surface area contributed by atoms with Gasteiger partial charge in [-0.2, -0.15) is 0 Å². The smallest absolute Gasteiger partial charge is 0.347 e. The number of nitrogens with zero attached hydrogens (tertiary/aromatic N) is 3. The third-order valence-electron chi connectivity index (χ3n) is 12.4. The number of benzene rings is 4. The fourth-order valence-electron chi connectivity index (χ4n) is 8.73. The number of aliphatic hydroxyl groups is 2. The standard InChI is InChI=1S/C50H53N5O7/c56-44-18-15-41(42-16-19-46(58)53-47(42)44)45(57)31-51-29-34-22-26-55(27-23-34)48(59)38-14-17-43(52-30-38)37-10-7-13-40(28-37)50(61,39-11-5-2-6-12-39)49(60)62-33-36-20-24-54(25-21-36)32-35-8-3-1-4-9-35/h1-19,28,30,34,36,45,51,56-57,61H,20-27,29,31-33H2,(H,53,58)/t45-,50-/m0/s1. The highest BCUT2D eigenvalue weighted by Gasteiger charge is 2.42. The van der Waals surface area contributed by atoms with Gasteiger partial charge in [0.1, 0.15) is 5.75 Å². The van der Waals surface area contributed by atoms with E-state index in [4.69, 9.17) is 4.74 Å². The van der Waals surface area contributed by atoms with Crippen molar-refractivity contribution in [2.24, 2.45) is 11.8 Å². The molecule has 2 saturated heterocycles. The SMILES string of the molecule is O=C(c1ccc(-c2cccc([C@](O)(C(=O)OCC3CCN(Cc4ccccc4)CC3)c3ccccc3)c2)nc1)N1CCC(CNC[C@H](O)c2ccc(O)c3[nH]c(=O)ccc23)CC1. The number of pyridine rings is 2. The number of rotatable bonds is 14. The van der Waals surface area contributed by atoms with Crippen LogP contribution in [0.25, 0.3) is 22.2 Å². The summed E-state index contributed by atoms with van der Waals surface area (Å²) in [5.41, 5.74) is 2.34. The number of hydrogen-bond donors (Lipinski definition) is 5. The maximum atomic E-state index is 14.0. The van der Waals surface area contributed by atoms with Crippen LogP contribution in [0.5, 0.6) is 5.75 Å². The number of likely N-dealkylation sites (tertiary alicyclic amines) is 2. The highest BCUT2D eigenvalue weighted by molar-refractivity contribution is 5.94. The number of amides is 1. The monoisotopic (exact) mass is 835 g/mol. The minimum absolute atomic E-state index is 0.0508. The summed E-state index contributed by atoms with van der Waals surface area (Å²) in [4.78, 5) is 50.8. The van der Waals surface area contributed by atoms with Crippen LogP contribution in [0.15, 0.2) is 132 Å². The normalized spacial score (nSPS) is 16.8. The van der Waals surface area contributed by atoms with Crippen molar-refractivity contribution >= 4 is 22.8 Å². The maximum Gasteiger partial charge on any atom is 0.347 e. The predicted octanol–water partition coefficient (Wildman–Crippen LogP) is 6.16. The van der Waals surface area contributed by atoms with Gasteiger partial charge in [-0.3, -0.25) is 19.5 Å². The molecule has 0 saturated carbocycles. The lowest BCUT2D eigenvalue weighted by Crippen LogP contribution is -2.41. The van der Waals surface area contributed by atoms with Crippen LogP contribution in [0.4, 0.5) is 0 Å². The number of nitrogens with one attached hydrogen (secondary N) is 2. The van der Waals surface area contributed by atoms with Crippen molar-refractivity contribution in [2.75, 3.05) is 45.9 Å². The second-order valence-electron chi connectivity index (χ2n) is 16.6. The van der Waals surface area contributed by atoms with E-state index in [-0.39, 0.29) is 29.7 Å². The first kappa shape index (κ1) is 42.5. The Hall–Kier alpha value is -6.18. The number of aliphatic hydroxyl groups excluding tert-OH is 1. The molecule has 0 spiro atoms. The summed E-state index contributed by atoms with van der Waals surface area (Å²) in [6, 6.07) is 36.1. The topological polar surface area (TPSA) is 168 Å². The lowest BCUT2D eigenvalue weighted by molar-refractivity contribution is -0.164. The number of carbonyl (C=O) groups is 2. The number of piperidine rings is 2. The summed E-state index contributed by atoms with van der Waals surface area (Å²) < 4.78 is 5.93. The van der Waals surface area contributed by atoms with E-state index < -0.39 is 17.7 Å². The van der Waals surface area contributed by atoms with Crippen LogP contribution in [-0.4, -0.2) is 92.8 Å². The van der Waals surface area contributed by atoms with E-state index in [0.29, 0.717) is 76.5 Å². The molecule has 320 valence electrons. The van der Waals surface area contributed by atoms with Crippen LogP contribution in [-0.2, 0) is 21.7 Å². The molecule has 12 heteroatoms. The molecule has 2 aliphatic heterocycles. The van der Waals surface area contributed by atoms with Gasteiger partial charge in [0.2, 0.25) is 11.2 Å². The van der Waals surface area contributed by atoms with Crippen molar-refractivity contribution in [2.45, 2.75) is 43.9 Å². The Labute approximate surface area is 360 Å². The van der Waals surface area contributed by atoms with Gasteiger partial charge in [-0.1, -0.05) is 84.9 Å². The Morgan fingerprint density at radius 2 is 1.53 bits per heavy atom. The predicted molar refractivity (Wildman–Crippen MR) is 237 cm³/mol. The van der Waals surface area contributed by atoms with E-state index in [0.717, 1.165) is 45.3 Å². The molecular formula is C50H53N5O7. The van der Waals surface area contributed by atoms with Crippen LogP contribution >= 0.6 is 0 Å². The Kier molecular flexibility index (Phi) is 13.2. The molecule has 2 aliphatic rings. The first-order valence-electron chi connectivity index (χ1n) is 21.5. The van der Waals surface area contributed by atoms with Crippen molar-refractivity contribution < 1.29 is 29.6 Å². The Bertz CT molecular complexity index is 2520. The van der Waals surface area contributed by atoms with E-state index in [9.17, 15) is 29.7 Å². The zero-order valence-corrected chi connectivity index (χ0v) is 34.7. The summed E-state index contributed by atoms with van der Waals surface area (Å²) in [5, 5.41) is 37.3. The largest absolute Gasteiger partial charge is 0.506 e. The number of carbonyl (C=O) groups excluding carboxylic acids is 2. The molecule has 4 heterocycles. The van der Waals surface area contributed by atoms with Gasteiger partial charge in [0, 0.05) is 55.0 Å². The molecule has 0 radical (unpaired) electrons. The lowest BCUT2D eigenvalue weighted by Gasteiger charge is -2.33. The van der Waals surface area contributed by atoms with E-state index >= 15 is 0 Å². The molecule has 1 amide bonds. The summed E-state index contributed by atoms with van der Waals surface area (Å²) in [5.74, 6) is -0.347. The first-order valence-corrected chi connectivity index (χ1v) is 21.5. The summed E-state index contributed by atoms with van der Waals surface area (Å²) in [6.07, 6.45) is 4.14. The van der Waals surface area contributed by atoms with Crippen molar-refractivity contribution in [1.29, 1.82) is 0 Å². The van der Waals surface area contributed by atoms with E-state index in [1.807, 2.05) is 23.1 Å². The molecule has 2 fully saturated rings. The molecule has 12 nitrogen and oxygen atoms in total. The molecule has 6 aromatic rings. The fraction of sp³-hybridized carbons (Fsp3) is 0.320. The lowest BCUT2D eigenvalue weighted by atomic mass is 9.85. The van der Waals surface area contributed by atoms with E-state index in [1.54, 1.807) is 72.9 Å². The number of phenolic OH excluding ortho intramolecular Hbond substituents is 1. The highest BCUT2D eigenvalue weighted by Crippen LogP contribution is 2.35. The van der Waals surface area contributed by atoms with Crippen molar-refractivity contribution in [3.8, 4) is 17.0 Å². The minimum atomic E-state index is -2.05. The van der Waals surface area contributed by atoms with E-state index in [2.05, 4.69) is 44.5 Å². The molecule has 2 atom stereocenters. The number of H-pyrrole nitrogens is 1. The first-order chi connectivity index (χ1) is 30.2. The van der Waals surface area contributed by atoms with Gasteiger partial charge >= 0.3 is 5.97 Å². The Morgan fingerprint density at radius 1 is 0.823 bits per heavy atom. The third-order valence-corrected chi connectivity index (χ3v) is 12.4. The Morgan fingerprint density at radius 3 is 2.26 bits per heavy atom. The van der Waals surface area contributed by atoms with E-state index in [1.165, 1.54) is 17.7 Å². The van der Waals surface area contributed by atoms with Gasteiger partial charge in [-0.05, 0) is 104 Å². The second-order valence-corrected chi connectivity index (χ2v) is 16.6. The van der Waals surface area contributed by atoms with Crippen LogP contribution < -0.4 is 10.9 Å². The number of ether oxygens (including phenoxy) is 1. The average Bonchev–Trinajstić information content (AvgIpc) is 3.32. The molecule has 62 heavy (non-hydrogen) atoms. The average molecular weight is 836 g/mol. The number of phenols is 1. The van der Waals surface area contributed by atoms with Crippen molar-refractivity contribution in [3.05, 3.63) is 166 Å². The second kappa shape index (κ2) is 19.3. The Balaban J connectivity index is 0.851. The zero-order chi connectivity index (χ0) is 43.1. The number of esters is 1. The van der Waals surface area contributed by atoms with Crippen LogP contribution in [0.1, 0.15) is 64.4 Å². The van der Waals surface area contributed by atoms with Gasteiger partial charge in [-0.15, -0.1) is 0 Å². The minimum Gasteiger partial charge on any atom is -0.506 e. The van der Waals surface area contributed by atoms with Gasteiger partial charge in [-0.25, -0.2) is 4.79 Å². The molecule has 0 bridgehead atoms. The van der Waals surface area contributed by atoms with Crippen LogP contribution in [0, 0.1) is 11.8 Å². The number of aromatic hydroxyl groups is 1. The molecular weight excluding hydrogens is 783 g/mol. The number of aromatic amines is 1. The highest BCUT2D eigenvalue weighted by atomic mass is 16.5. The summed E-state index contributed by atoms with van der Waals surface area (Å²) in [6.45, 7) is 5.11. The van der Waals surface area contributed by atoms with Gasteiger partial charge in [0.25, 0.3) is 5.91 Å². The molecule has 2 aromatic heterocycles. The summed E-state index contributed by atoms with van der Waals surface area (Å²) in [7, 11) is 0. The molecule has 8 rings (SSSR count). The molecule has 0 aliphatic carbocycles. The van der Waals surface area contributed by atoms with Gasteiger partial charge < -0.3 is 35.3 Å². The summed E-state index contributed by atoms with van der Waals surface area (Å²) >= 11 is 0. The van der Waals surface area contributed by atoms with Crippen LogP contribution in [0.2, 0.25) is 0 Å². The van der Waals surface area contributed by atoms with Crippen molar-refractivity contribution in [1.82, 2.24) is 25.1 Å². The number of fused-ring (bicyclic) bond motifs is 1. The number of aromatic nitrogens is 2. The fourth-order valence-corrected chi connectivity index (χ4v) is 8.73. The van der Waals surface area contributed by atoms with Gasteiger partial charge in [0.15, 0.2) is 0 Å².